The largest absolute Gasteiger partial charge is 0.398 e. The summed E-state index contributed by atoms with van der Waals surface area (Å²) in [5, 5.41) is 25.0. The van der Waals surface area contributed by atoms with Crippen molar-refractivity contribution in [3.8, 4) is 12.1 Å². The van der Waals surface area contributed by atoms with Crippen LogP contribution in [0.3, 0.4) is 0 Å². The van der Waals surface area contributed by atoms with Crippen molar-refractivity contribution < 1.29 is 0 Å². The molecule has 55 heavy (non-hydrogen) atoms. The molecular weight excluding hydrogens is 701 g/mol. The fraction of sp³-hybridized carbons (Fsp3) is 0.538. The van der Waals surface area contributed by atoms with Gasteiger partial charge in [0.15, 0.2) is 0 Å². The summed E-state index contributed by atoms with van der Waals surface area (Å²) in [6.07, 6.45) is 4.99. The summed E-state index contributed by atoms with van der Waals surface area (Å²) in [5.74, 6) is 5.65. The summed E-state index contributed by atoms with van der Waals surface area (Å²) >= 11 is 0. The second-order valence-electron chi connectivity index (χ2n) is 16.6. The number of nitrogen functional groups attached to an aromatic ring is 2. The molecule has 4 heterocycles. The number of hydrogen-bond donors (Lipinski definition) is 5. The molecule has 8 N–H and O–H groups in total. The fourth-order valence-corrected chi connectivity index (χ4v) is 9.20. The molecule has 2 saturated heterocycles. The van der Waals surface area contributed by atoms with E-state index in [1.807, 2.05) is 32.9 Å². The minimum Gasteiger partial charge on any atom is -0.398 e. The lowest BCUT2D eigenvalue weighted by atomic mass is 9.71. The quantitative estimate of drug-likeness (QED) is 0.0887. The van der Waals surface area contributed by atoms with Gasteiger partial charge in [0.1, 0.15) is 0 Å². The van der Waals surface area contributed by atoms with Gasteiger partial charge < -0.3 is 27.1 Å². The molecule has 2 aliphatic heterocycles. The second-order valence-corrected chi connectivity index (χ2v) is 16.6. The average molecular weight is 749 g/mol. The first-order valence-corrected chi connectivity index (χ1v) is 19.2. The van der Waals surface area contributed by atoms with E-state index in [1.54, 1.807) is 21.3 Å². The Kier molecular flexibility index (Phi) is 8.62. The van der Waals surface area contributed by atoms with E-state index in [1.165, 1.54) is 0 Å². The highest BCUT2D eigenvalue weighted by Crippen LogP contribution is 2.43. The maximum Gasteiger partial charge on any atom is 0.350 e. The zero-order chi connectivity index (χ0) is 39.1. The number of anilines is 3. The van der Waals surface area contributed by atoms with Gasteiger partial charge in [-0.1, -0.05) is 0 Å². The maximum absolute atomic E-state index is 13.0. The van der Waals surface area contributed by atoms with Gasteiger partial charge in [0.25, 0.3) is 11.1 Å². The van der Waals surface area contributed by atoms with Crippen LogP contribution < -0.4 is 54.9 Å². The van der Waals surface area contributed by atoms with Gasteiger partial charge in [0.2, 0.25) is 0 Å². The van der Waals surface area contributed by atoms with Gasteiger partial charge in [-0.05, 0) is 95.0 Å². The standard InChI is InChI=1S/C39H48N12O4/c1-21-30(17-28(42)32-33(21)50(25-6-7-25)36(54)45-34(32)52)48-15-12-23(19-48)39(43,38(2,3)20-41)46-29(10-13-40)22-11-14-47(18-22)26-8-9-27-31(16-26)49(24-4-5-24)37(55)51(44)35(27)53/h8-9,16-17,22-25,29,46H,4-7,10-12,14-15,18-19,42-44H2,1-3H3,(H,45,52,54). The molecule has 288 valence electrons. The average Bonchev–Trinajstić information content (AvgIpc) is 4.07. The zero-order valence-electron chi connectivity index (χ0n) is 31.5. The molecule has 4 aliphatic rings. The number of aryl methyl sites for hydroxylation is 1. The monoisotopic (exact) mass is 748 g/mol. The van der Waals surface area contributed by atoms with E-state index >= 15 is 0 Å². The molecule has 0 spiro atoms. The van der Waals surface area contributed by atoms with E-state index in [-0.39, 0.29) is 36.4 Å². The Morgan fingerprint density at radius 3 is 2.33 bits per heavy atom. The number of hydrogen-bond acceptors (Lipinski definition) is 12. The highest BCUT2D eigenvalue weighted by atomic mass is 16.2. The Labute approximate surface area is 316 Å². The smallest absolute Gasteiger partial charge is 0.350 e. The van der Waals surface area contributed by atoms with Crippen LogP contribution in [0.1, 0.15) is 76.4 Å². The zero-order valence-corrected chi connectivity index (χ0v) is 31.5. The number of H-pyrrole nitrogens is 1. The van der Waals surface area contributed by atoms with Crippen LogP contribution in [0.4, 0.5) is 17.1 Å². The topological polar surface area (TPSA) is 243 Å². The number of aromatic amines is 1. The molecule has 4 atom stereocenters. The molecule has 4 aromatic rings. The van der Waals surface area contributed by atoms with Gasteiger partial charge in [0, 0.05) is 67.3 Å². The third-order valence-electron chi connectivity index (χ3n) is 12.8. The molecule has 2 saturated carbocycles. The first-order chi connectivity index (χ1) is 26.2. The maximum atomic E-state index is 13.0. The van der Waals surface area contributed by atoms with Crippen LogP contribution in [0, 0.1) is 46.8 Å². The Hall–Kier alpha value is -5.58. The van der Waals surface area contributed by atoms with Crippen molar-refractivity contribution in [1.82, 2.24) is 24.1 Å². The summed E-state index contributed by atoms with van der Waals surface area (Å²) in [5.41, 5.74) is 13.6. The highest BCUT2D eigenvalue weighted by Gasteiger charge is 2.52. The van der Waals surface area contributed by atoms with Gasteiger partial charge in [-0.2, -0.15) is 15.2 Å². The summed E-state index contributed by atoms with van der Waals surface area (Å²) in [6.45, 7) is 7.96. The Bertz CT molecular complexity index is 2570. The number of aromatic nitrogens is 4. The van der Waals surface area contributed by atoms with Gasteiger partial charge in [-0.3, -0.25) is 29.0 Å². The lowest BCUT2D eigenvalue weighted by molar-refractivity contribution is 0.0846. The number of benzene rings is 2. The Morgan fingerprint density at radius 2 is 1.65 bits per heavy atom. The summed E-state index contributed by atoms with van der Waals surface area (Å²) < 4.78 is 3.99. The van der Waals surface area contributed by atoms with E-state index in [9.17, 15) is 29.7 Å². The predicted octanol–water partition coefficient (Wildman–Crippen LogP) is 1.87. The van der Waals surface area contributed by atoms with E-state index in [0.717, 1.165) is 49.0 Å². The summed E-state index contributed by atoms with van der Waals surface area (Å²) in [4.78, 5) is 58.7. The molecule has 2 aliphatic carbocycles. The van der Waals surface area contributed by atoms with Gasteiger partial charge in [0.05, 0.1) is 51.4 Å². The first kappa shape index (κ1) is 36.4. The molecule has 4 unspecified atom stereocenters. The van der Waals surface area contributed by atoms with Crippen LogP contribution in [0.2, 0.25) is 0 Å². The lowest BCUT2D eigenvalue weighted by Gasteiger charge is -2.47. The molecular formula is C39H48N12O4. The van der Waals surface area contributed by atoms with Crippen molar-refractivity contribution in [2.75, 3.05) is 47.6 Å². The third kappa shape index (κ3) is 5.86. The SMILES string of the molecule is Cc1c(N2CCC(C(N)(NC(CC#N)C3CCN(c4ccc5c(=O)n(N)c(=O)n(C6CC6)c5c4)C3)C(C)(C)C#N)C2)cc(N)c2c(=O)[nH]c(=O)n(C3CC3)c12. The van der Waals surface area contributed by atoms with Crippen LogP contribution >= 0.6 is 0 Å². The van der Waals surface area contributed by atoms with Crippen LogP contribution in [0.15, 0.2) is 43.4 Å². The first-order valence-electron chi connectivity index (χ1n) is 19.2. The molecule has 8 rings (SSSR count). The highest BCUT2D eigenvalue weighted by molar-refractivity contribution is 5.96. The van der Waals surface area contributed by atoms with E-state index in [0.29, 0.717) is 64.8 Å². The number of rotatable bonds is 10. The number of nitrogens with two attached hydrogens (primary N) is 3. The van der Waals surface area contributed by atoms with Crippen molar-refractivity contribution in [2.24, 2.45) is 23.0 Å². The van der Waals surface area contributed by atoms with Crippen LogP contribution in [-0.4, -0.2) is 56.7 Å². The number of fused-ring (bicyclic) bond motifs is 2. The van der Waals surface area contributed by atoms with E-state index < -0.39 is 33.6 Å². The molecule has 0 bridgehead atoms. The molecule has 2 aromatic carbocycles. The molecule has 16 heteroatoms. The van der Waals surface area contributed by atoms with Gasteiger partial charge >= 0.3 is 11.4 Å². The molecule has 0 radical (unpaired) electrons. The second kappa shape index (κ2) is 13.0. The summed E-state index contributed by atoms with van der Waals surface area (Å²) in [7, 11) is 0. The number of nitrogens with one attached hydrogen (secondary N) is 2. The summed E-state index contributed by atoms with van der Waals surface area (Å²) in [6, 6.07) is 11.8. The molecule has 2 aromatic heterocycles. The van der Waals surface area contributed by atoms with Crippen molar-refractivity contribution in [1.29, 1.82) is 10.5 Å². The predicted molar refractivity (Wildman–Crippen MR) is 211 cm³/mol. The van der Waals surface area contributed by atoms with Gasteiger partial charge in [-0.15, -0.1) is 0 Å². The van der Waals surface area contributed by atoms with Crippen molar-refractivity contribution in [3.63, 3.8) is 0 Å². The van der Waals surface area contributed by atoms with Crippen molar-refractivity contribution in [2.45, 2.75) is 89.5 Å². The van der Waals surface area contributed by atoms with Crippen molar-refractivity contribution in [3.05, 3.63) is 71.5 Å². The Balaban J connectivity index is 1.08. The number of nitriles is 2. The Morgan fingerprint density at radius 1 is 0.964 bits per heavy atom. The van der Waals surface area contributed by atoms with E-state index in [4.69, 9.17) is 17.3 Å². The van der Waals surface area contributed by atoms with Crippen molar-refractivity contribution >= 4 is 38.9 Å². The van der Waals surface area contributed by atoms with Crippen LogP contribution in [0.5, 0.6) is 0 Å². The van der Waals surface area contributed by atoms with E-state index in [2.05, 4.69) is 32.2 Å². The minimum absolute atomic E-state index is 0.00715. The normalized spacial score (nSPS) is 21.9. The van der Waals surface area contributed by atoms with Crippen LogP contribution in [-0.2, 0) is 0 Å². The fourth-order valence-electron chi connectivity index (χ4n) is 9.20. The van der Waals surface area contributed by atoms with Gasteiger partial charge in [-0.25, -0.2) is 9.59 Å². The lowest BCUT2D eigenvalue weighted by Crippen LogP contribution is -2.70. The molecule has 4 fully saturated rings. The molecule has 0 amide bonds. The third-order valence-corrected chi connectivity index (χ3v) is 12.8. The molecule has 16 nitrogen and oxygen atoms in total. The van der Waals surface area contributed by atoms with Crippen LogP contribution in [0.25, 0.3) is 21.8 Å². The minimum atomic E-state index is -1.21. The number of nitrogens with zero attached hydrogens (tertiary/aromatic N) is 7.